The standard InChI is InChI=1S/C12H15ClO/c1-8(9-2-3-9)12(14)10-4-6-11(13)7-5-10/h4-9,12,14H,2-3H2,1H3. The first kappa shape index (κ1) is 10.0. The highest BCUT2D eigenvalue weighted by molar-refractivity contribution is 6.30. The number of hydrogen-bond acceptors (Lipinski definition) is 1. The van der Waals surface area contributed by atoms with Gasteiger partial charge in [-0.15, -0.1) is 0 Å². The zero-order chi connectivity index (χ0) is 10.1. The number of benzene rings is 1. The van der Waals surface area contributed by atoms with Crippen LogP contribution < -0.4 is 0 Å². The summed E-state index contributed by atoms with van der Waals surface area (Å²) < 4.78 is 0. The Morgan fingerprint density at radius 2 is 1.86 bits per heavy atom. The lowest BCUT2D eigenvalue weighted by atomic mass is 9.93. The highest BCUT2D eigenvalue weighted by Gasteiger charge is 2.32. The topological polar surface area (TPSA) is 20.2 Å². The van der Waals surface area contributed by atoms with Crippen LogP contribution in [0.5, 0.6) is 0 Å². The minimum atomic E-state index is -0.334. The average molecular weight is 211 g/mol. The Hall–Kier alpha value is -0.530. The van der Waals surface area contributed by atoms with Crippen molar-refractivity contribution < 1.29 is 5.11 Å². The van der Waals surface area contributed by atoms with E-state index in [1.54, 1.807) is 0 Å². The molecule has 2 atom stereocenters. The molecule has 1 aromatic rings. The molecule has 76 valence electrons. The molecule has 1 aliphatic rings. The second-order valence-corrected chi connectivity index (χ2v) is 4.63. The number of halogens is 1. The van der Waals surface area contributed by atoms with Crippen molar-refractivity contribution in [3.8, 4) is 0 Å². The third-order valence-electron chi connectivity index (χ3n) is 3.08. The molecule has 1 aromatic carbocycles. The van der Waals surface area contributed by atoms with Crippen LogP contribution in [0.15, 0.2) is 24.3 Å². The molecule has 2 rings (SSSR count). The maximum absolute atomic E-state index is 10.0. The van der Waals surface area contributed by atoms with Crippen LogP contribution in [0.4, 0.5) is 0 Å². The summed E-state index contributed by atoms with van der Waals surface area (Å²) in [7, 11) is 0. The first-order valence-electron chi connectivity index (χ1n) is 5.12. The molecule has 0 aliphatic heterocycles. The van der Waals surface area contributed by atoms with Gasteiger partial charge in [-0.25, -0.2) is 0 Å². The Labute approximate surface area is 89.7 Å². The van der Waals surface area contributed by atoms with Crippen molar-refractivity contribution >= 4 is 11.6 Å². The summed E-state index contributed by atoms with van der Waals surface area (Å²) in [5.74, 6) is 1.09. The quantitative estimate of drug-likeness (QED) is 0.811. The molecule has 0 radical (unpaired) electrons. The van der Waals surface area contributed by atoms with Crippen LogP contribution in [-0.4, -0.2) is 5.11 Å². The molecular weight excluding hydrogens is 196 g/mol. The van der Waals surface area contributed by atoms with Gasteiger partial charge in [0.25, 0.3) is 0 Å². The molecule has 0 aromatic heterocycles. The predicted octanol–water partition coefficient (Wildman–Crippen LogP) is 3.42. The predicted molar refractivity (Wildman–Crippen MR) is 58.3 cm³/mol. The molecule has 0 heterocycles. The van der Waals surface area contributed by atoms with E-state index in [1.165, 1.54) is 12.8 Å². The zero-order valence-corrected chi connectivity index (χ0v) is 9.04. The third kappa shape index (κ3) is 2.10. The molecule has 2 heteroatoms. The normalized spacial score (nSPS) is 20.5. The fraction of sp³-hybridized carbons (Fsp3) is 0.500. The summed E-state index contributed by atoms with van der Waals surface area (Å²) in [6.45, 7) is 2.12. The molecule has 1 fully saturated rings. The van der Waals surface area contributed by atoms with Gasteiger partial charge in [0.1, 0.15) is 0 Å². The van der Waals surface area contributed by atoms with E-state index in [0.717, 1.165) is 16.5 Å². The minimum Gasteiger partial charge on any atom is -0.388 e. The van der Waals surface area contributed by atoms with Gasteiger partial charge in [0, 0.05) is 5.02 Å². The van der Waals surface area contributed by atoms with Gasteiger partial charge in [-0.05, 0) is 42.4 Å². The van der Waals surface area contributed by atoms with E-state index in [2.05, 4.69) is 6.92 Å². The van der Waals surface area contributed by atoms with Crippen molar-refractivity contribution in [1.29, 1.82) is 0 Å². The van der Waals surface area contributed by atoms with E-state index in [4.69, 9.17) is 11.6 Å². The fourth-order valence-corrected chi connectivity index (χ4v) is 1.97. The zero-order valence-electron chi connectivity index (χ0n) is 8.28. The monoisotopic (exact) mass is 210 g/mol. The van der Waals surface area contributed by atoms with Gasteiger partial charge in [0.2, 0.25) is 0 Å². The van der Waals surface area contributed by atoms with Crippen molar-refractivity contribution in [3.63, 3.8) is 0 Å². The maximum Gasteiger partial charge on any atom is 0.0818 e. The molecule has 1 aliphatic carbocycles. The lowest BCUT2D eigenvalue weighted by molar-refractivity contribution is 0.106. The SMILES string of the molecule is CC(C1CC1)C(O)c1ccc(Cl)cc1. The first-order chi connectivity index (χ1) is 6.68. The Kier molecular flexibility index (Phi) is 2.80. The molecule has 2 unspecified atom stereocenters. The van der Waals surface area contributed by atoms with Gasteiger partial charge in [-0.3, -0.25) is 0 Å². The van der Waals surface area contributed by atoms with Crippen LogP contribution in [0.25, 0.3) is 0 Å². The summed E-state index contributed by atoms with van der Waals surface area (Å²) in [6, 6.07) is 7.48. The second kappa shape index (κ2) is 3.92. The Morgan fingerprint density at radius 1 is 1.29 bits per heavy atom. The maximum atomic E-state index is 10.0. The summed E-state index contributed by atoms with van der Waals surface area (Å²) in [6.07, 6.45) is 2.21. The number of aliphatic hydroxyl groups is 1. The van der Waals surface area contributed by atoms with Crippen molar-refractivity contribution in [3.05, 3.63) is 34.9 Å². The van der Waals surface area contributed by atoms with E-state index in [0.29, 0.717) is 5.92 Å². The molecule has 1 N–H and O–H groups in total. The number of rotatable bonds is 3. The number of aliphatic hydroxyl groups excluding tert-OH is 1. The van der Waals surface area contributed by atoms with E-state index >= 15 is 0 Å². The van der Waals surface area contributed by atoms with Gasteiger partial charge in [0.15, 0.2) is 0 Å². The van der Waals surface area contributed by atoms with Crippen molar-refractivity contribution in [2.24, 2.45) is 11.8 Å². The first-order valence-corrected chi connectivity index (χ1v) is 5.50. The van der Waals surface area contributed by atoms with Gasteiger partial charge in [-0.2, -0.15) is 0 Å². The molecule has 14 heavy (non-hydrogen) atoms. The number of hydrogen-bond donors (Lipinski definition) is 1. The smallest absolute Gasteiger partial charge is 0.0818 e. The Morgan fingerprint density at radius 3 is 2.36 bits per heavy atom. The molecular formula is C12H15ClO. The van der Waals surface area contributed by atoms with Crippen LogP contribution in [0, 0.1) is 11.8 Å². The summed E-state index contributed by atoms with van der Waals surface area (Å²) in [5.41, 5.74) is 0.980. The second-order valence-electron chi connectivity index (χ2n) is 4.19. The molecule has 0 amide bonds. The molecule has 0 spiro atoms. The fourth-order valence-electron chi connectivity index (χ4n) is 1.84. The lowest BCUT2D eigenvalue weighted by Crippen LogP contribution is -2.10. The van der Waals surface area contributed by atoms with Crippen LogP contribution in [-0.2, 0) is 0 Å². The largest absolute Gasteiger partial charge is 0.388 e. The van der Waals surface area contributed by atoms with E-state index < -0.39 is 0 Å². The lowest BCUT2D eigenvalue weighted by Gasteiger charge is -2.18. The summed E-state index contributed by atoms with van der Waals surface area (Å²) in [4.78, 5) is 0. The van der Waals surface area contributed by atoms with Crippen molar-refractivity contribution in [2.75, 3.05) is 0 Å². The highest BCUT2D eigenvalue weighted by Crippen LogP contribution is 2.42. The van der Waals surface area contributed by atoms with E-state index in [1.807, 2.05) is 24.3 Å². The Bertz CT molecular complexity index is 303. The van der Waals surface area contributed by atoms with Gasteiger partial charge in [-0.1, -0.05) is 30.7 Å². The average Bonchev–Trinajstić information content (AvgIpc) is 3.00. The highest BCUT2D eigenvalue weighted by atomic mass is 35.5. The van der Waals surface area contributed by atoms with Gasteiger partial charge in [0.05, 0.1) is 6.10 Å². The van der Waals surface area contributed by atoms with E-state index in [9.17, 15) is 5.11 Å². The van der Waals surface area contributed by atoms with E-state index in [-0.39, 0.29) is 6.10 Å². The molecule has 1 saturated carbocycles. The molecule has 1 nitrogen and oxygen atoms in total. The third-order valence-corrected chi connectivity index (χ3v) is 3.33. The summed E-state index contributed by atoms with van der Waals surface area (Å²) >= 11 is 5.79. The minimum absolute atomic E-state index is 0.334. The van der Waals surface area contributed by atoms with Gasteiger partial charge < -0.3 is 5.11 Å². The van der Waals surface area contributed by atoms with Crippen LogP contribution in [0.1, 0.15) is 31.4 Å². The van der Waals surface area contributed by atoms with Crippen LogP contribution in [0.2, 0.25) is 5.02 Å². The van der Waals surface area contributed by atoms with Crippen molar-refractivity contribution in [2.45, 2.75) is 25.9 Å². The van der Waals surface area contributed by atoms with Crippen LogP contribution in [0.3, 0.4) is 0 Å². The van der Waals surface area contributed by atoms with Gasteiger partial charge >= 0.3 is 0 Å². The molecule has 0 bridgehead atoms. The Balaban J connectivity index is 2.09. The van der Waals surface area contributed by atoms with Crippen molar-refractivity contribution in [1.82, 2.24) is 0 Å². The molecule has 0 saturated heterocycles. The van der Waals surface area contributed by atoms with Crippen LogP contribution >= 0.6 is 11.6 Å². The summed E-state index contributed by atoms with van der Waals surface area (Å²) in [5, 5.41) is 10.8.